The molecule has 1 N–H and O–H groups in total. The van der Waals surface area contributed by atoms with Crippen LogP contribution in [0.15, 0.2) is 35.2 Å². The van der Waals surface area contributed by atoms with Gasteiger partial charge in [-0.15, -0.1) is 11.3 Å². The largest absolute Gasteiger partial charge is 0.507 e. The van der Waals surface area contributed by atoms with Gasteiger partial charge in [-0.05, 0) is 59.9 Å². The Morgan fingerprint density at radius 1 is 1.16 bits per heavy atom. The SMILES string of the molecule is COc1ccc(C(C)(C)C)cc1/C(O)=C1\C(=O)C(=O)N(C2CCCC2)C1c1sccc1C. The summed E-state index contributed by atoms with van der Waals surface area (Å²) in [6, 6.07) is 7.10. The molecular formula is C26H31NO4S. The van der Waals surface area contributed by atoms with E-state index in [1.54, 1.807) is 12.0 Å². The first-order chi connectivity index (χ1) is 15.1. The van der Waals surface area contributed by atoms with Gasteiger partial charge in [0.05, 0.1) is 18.2 Å². The van der Waals surface area contributed by atoms with Crippen LogP contribution in [0, 0.1) is 6.92 Å². The summed E-state index contributed by atoms with van der Waals surface area (Å²) < 4.78 is 5.53. The van der Waals surface area contributed by atoms with Gasteiger partial charge in [0.15, 0.2) is 0 Å². The van der Waals surface area contributed by atoms with Crippen LogP contribution in [0.1, 0.15) is 74.1 Å². The van der Waals surface area contributed by atoms with Crippen molar-refractivity contribution in [3.8, 4) is 5.75 Å². The van der Waals surface area contributed by atoms with E-state index in [1.165, 1.54) is 11.3 Å². The number of hydrogen-bond donors (Lipinski definition) is 1. The number of benzene rings is 1. The van der Waals surface area contributed by atoms with Crippen molar-refractivity contribution in [1.82, 2.24) is 4.90 Å². The number of rotatable bonds is 4. The van der Waals surface area contributed by atoms with Crippen molar-refractivity contribution >= 4 is 28.8 Å². The molecule has 6 heteroatoms. The van der Waals surface area contributed by atoms with Crippen LogP contribution in [0.5, 0.6) is 5.75 Å². The van der Waals surface area contributed by atoms with E-state index in [1.807, 2.05) is 36.6 Å². The predicted molar refractivity (Wildman–Crippen MR) is 127 cm³/mol. The molecule has 170 valence electrons. The number of aliphatic hydroxyl groups excluding tert-OH is 1. The maximum absolute atomic E-state index is 13.3. The Morgan fingerprint density at radius 3 is 2.41 bits per heavy atom. The number of carbonyl (C=O) groups is 2. The molecule has 2 heterocycles. The second-order valence-electron chi connectivity index (χ2n) is 9.78. The molecule has 1 aliphatic heterocycles. The molecule has 32 heavy (non-hydrogen) atoms. The Labute approximate surface area is 193 Å². The number of ether oxygens (including phenoxy) is 1. The standard InChI is InChI=1S/C26H31NO4S/c1-15-12-13-32-24(15)21-20(23(29)25(30)27(21)17-8-6-7-9-17)22(28)18-14-16(26(2,3)4)10-11-19(18)31-5/h10-14,17,21,28H,6-9H2,1-5H3/b22-20+. The fourth-order valence-electron chi connectivity index (χ4n) is 4.84. The summed E-state index contributed by atoms with van der Waals surface area (Å²) in [4.78, 5) is 29.3. The third-order valence-electron chi connectivity index (χ3n) is 6.67. The molecule has 0 bridgehead atoms. The van der Waals surface area contributed by atoms with Crippen molar-refractivity contribution in [3.63, 3.8) is 0 Å². The lowest BCUT2D eigenvalue weighted by atomic mass is 9.85. The number of aliphatic hydroxyl groups is 1. The molecule has 0 radical (unpaired) electrons. The molecule has 4 rings (SSSR count). The summed E-state index contributed by atoms with van der Waals surface area (Å²) in [6.07, 6.45) is 3.87. The summed E-state index contributed by atoms with van der Waals surface area (Å²) in [5, 5.41) is 13.5. The number of nitrogens with zero attached hydrogens (tertiary/aromatic N) is 1. The Bertz CT molecular complexity index is 1090. The summed E-state index contributed by atoms with van der Waals surface area (Å²) >= 11 is 1.52. The fraction of sp³-hybridized carbons (Fsp3) is 0.462. The second kappa shape index (κ2) is 8.39. The normalized spacial score (nSPS) is 21.5. The average Bonchev–Trinajstić information content (AvgIpc) is 3.47. The van der Waals surface area contributed by atoms with E-state index in [-0.39, 0.29) is 22.8 Å². The van der Waals surface area contributed by atoms with Gasteiger partial charge in [0.1, 0.15) is 17.6 Å². The number of Topliss-reactive ketones (excluding diaryl/α,β-unsaturated/α-hetero) is 1. The number of thiophene rings is 1. The Balaban J connectivity index is 1.94. The van der Waals surface area contributed by atoms with Crippen LogP contribution < -0.4 is 4.74 Å². The number of likely N-dealkylation sites (tertiary alicyclic amines) is 1. The van der Waals surface area contributed by atoms with E-state index < -0.39 is 17.7 Å². The molecular weight excluding hydrogens is 422 g/mol. The van der Waals surface area contributed by atoms with Crippen molar-refractivity contribution in [3.05, 3.63) is 56.8 Å². The monoisotopic (exact) mass is 453 g/mol. The zero-order valence-electron chi connectivity index (χ0n) is 19.4. The van der Waals surface area contributed by atoms with E-state index in [0.29, 0.717) is 11.3 Å². The van der Waals surface area contributed by atoms with E-state index in [9.17, 15) is 14.7 Å². The minimum atomic E-state index is -0.615. The Hall–Kier alpha value is -2.60. The molecule has 1 atom stereocenters. The summed E-state index contributed by atoms with van der Waals surface area (Å²) in [5.41, 5.74) is 2.49. The number of ketones is 1. The molecule has 2 aromatic rings. The number of methoxy groups -OCH3 is 1. The van der Waals surface area contributed by atoms with Crippen molar-refractivity contribution in [2.45, 2.75) is 70.9 Å². The van der Waals surface area contributed by atoms with Gasteiger partial charge in [0.25, 0.3) is 11.7 Å². The molecule has 2 aliphatic rings. The van der Waals surface area contributed by atoms with Crippen LogP contribution in [0.25, 0.3) is 5.76 Å². The first-order valence-electron chi connectivity index (χ1n) is 11.2. The molecule has 1 aromatic carbocycles. The van der Waals surface area contributed by atoms with E-state index in [0.717, 1.165) is 41.7 Å². The maximum Gasteiger partial charge on any atom is 0.295 e. The van der Waals surface area contributed by atoms with Crippen LogP contribution in [0.2, 0.25) is 0 Å². The molecule has 1 aliphatic carbocycles. The number of carbonyl (C=O) groups excluding carboxylic acids is 2. The highest BCUT2D eigenvalue weighted by Gasteiger charge is 2.50. The topological polar surface area (TPSA) is 66.8 Å². The zero-order valence-corrected chi connectivity index (χ0v) is 20.2. The van der Waals surface area contributed by atoms with Crippen LogP contribution in [-0.4, -0.2) is 34.8 Å². The highest BCUT2D eigenvalue weighted by molar-refractivity contribution is 7.10. The Morgan fingerprint density at radius 2 is 1.84 bits per heavy atom. The number of aryl methyl sites for hydroxylation is 1. The van der Waals surface area contributed by atoms with Crippen molar-refractivity contribution in [2.24, 2.45) is 0 Å². The lowest BCUT2D eigenvalue weighted by Gasteiger charge is -2.30. The maximum atomic E-state index is 13.3. The Kier molecular flexibility index (Phi) is 5.93. The van der Waals surface area contributed by atoms with Gasteiger partial charge in [-0.2, -0.15) is 0 Å². The van der Waals surface area contributed by atoms with Crippen LogP contribution in [0.3, 0.4) is 0 Å². The van der Waals surface area contributed by atoms with E-state index in [4.69, 9.17) is 4.74 Å². The van der Waals surface area contributed by atoms with Crippen LogP contribution in [-0.2, 0) is 15.0 Å². The lowest BCUT2D eigenvalue weighted by Crippen LogP contribution is -2.37. The fourth-order valence-corrected chi connectivity index (χ4v) is 5.87. The van der Waals surface area contributed by atoms with Gasteiger partial charge in [-0.25, -0.2) is 0 Å². The zero-order chi connectivity index (χ0) is 23.2. The third kappa shape index (κ3) is 3.75. The highest BCUT2D eigenvalue weighted by atomic mass is 32.1. The average molecular weight is 454 g/mol. The van der Waals surface area contributed by atoms with Gasteiger partial charge in [-0.3, -0.25) is 9.59 Å². The van der Waals surface area contributed by atoms with Gasteiger partial charge < -0.3 is 14.7 Å². The molecule has 1 saturated carbocycles. The van der Waals surface area contributed by atoms with Crippen LogP contribution >= 0.6 is 11.3 Å². The molecule has 0 spiro atoms. The van der Waals surface area contributed by atoms with Gasteiger partial charge in [0, 0.05) is 10.9 Å². The van der Waals surface area contributed by atoms with Gasteiger partial charge >= 0.3 is 0 Å². The first kappa shape index (κ1) is 22.6. The molecule has 1 amide bonds. The second-order valence-corrected chi connectivity index (χ2v) is 10.7. The van der Waals surface area contributed by atoms with Crippen molar-refractivity contribution in [1.29, 1.82) is 0 Å². The first-order valence-corrected chi connectivity index (χ1v) is 12.1. The number of hydrogen-bond acceptors (Lipinski definition) is 5. The molecule has 1 unspecified atom stereocenters. The molecule has 2 fully saturated rings. The van der Waals surface area contributed by atoms with Crippen molar-refractivity contribution < 1.29 is 19.4 Å². The van der Waals surface area contributed by atoms with E-state index >= 15 is 0 Å². The summed E-state index contributed by atoms with van der Waals surface area (Å²) in [5.74, 6) is -0.813. The summed E-state index contributed by atoms with van der Waals surface area (Å²) in [7, 11) is 1.54. The molecule has 5 nitrogen and oxygen atoms in total. The lowest BCUT2D eigenvalue weighted by molar-refractivity contribution is -0.141. The smallest absolute Gasteiger partial charge is 0.295 e. The van der Waals surface area contributed by atoms with Crippen LogP contribution in [0.4, 0.5) is 0 Å². The quantitative estimate of drug-likeness (QED) is 0.365. The molecule has 1 saturated heterocycles. The highest BCUT2D eigenvalue weighted by Crippen LogP contribution is 2.46. The van der Waals surface area contributed by atoms with Gasteiger partial charge in [-0.1, -0.05) is 39.7 Å². The third-order valence-corrected chi connectivity index (χ3v) is 7.74. The van der Waals surface area contributed by atoms with Gasteiger partial charge in [0.2, 0.25) is 0 Å². The number of amides is 1. The van der Waals surface area contributed by atoms with Crippen molar-refractivity contribution in [2.75, 3.05) is 7.11 Å². The van der Waals surface area contributed by atoms with E-state index in [2.05, 4.69) is 20.8 Å². The minimum absolute atomic E-state index is 0.0195. The minimum Gasteiger partial charge on any atom is -0.507 e. The predicted octanol–water partition coefficient (Wildman–Crippen LogP) is 5.73. The molecule has 1 aromatic heterocycles. The summed E-state index contributed by atoms with van der Waals surface area (Å²) in [6.45, 7) is 8.26.